The molecule has 1 atom stereocenters. The van der Waals surface area contributed by atoms with Crippen molar-refractivity contribution < 1.29 is 9.59 Å². The molecule has 2 fully saturated rings. The number of likely N-dealkylation sites (tertiary alicyclic amines) is 1. The van der Waals surface area contributed by atoms with Crippen LogP contribution in [0.3, 0.4) is 0 Å². The number of amides is 3. The van der Waals surface area contributed by atoms with Crippen LogP contribution in [-0.4, -0.2) is 42.5 Å². The maximum atomic E-state index is 11.8. The van der Waals surface area contributed by atoms with E-state index in [9.17, 15) is 9.59 Å². The lowest BCUT2D eigenvalue weighted by Gasteiger charge is -2.30. The van der Waals surface area contributed by atoms with E-state index in [0.29, 0.717) is 13.0 Å². The summed E-state index contributed by atoms with van der Waals surface area (Å²) in [4.78, 5) is 24.7. The summed E-state index contributed by atoms with van der Waals surface area (Å²) in [7, 11) is 0. The van der Waals surface area contributed by atoms with Crippen molar-refractivity contribution in [1.29, 1.82) is 0 Å². The molecule has 90 valence electrons. The summed E-state index contributed by atoms with van der Waals surface area (Å²) in [5, 5.41) is 5.75. The van der Waals surface area contributed by atoms with Crippen molar-refractivity contribution in [2.24, 2.45) is 0 Å². The quantitative estimate of drug-likeness (QED) is 0.681. The highest BCUT2D eigenvalue weighted by atomic mass is 16.2. The minimum Gasteiger partial charge on any atom is -0.354 e. The molecule has 0 radical (unpaired) electrons. The fraction of sp³-hybridized carbons (Fsp3) is 0.818. The summed E-state index contributed by atoms with van der Waals surface area (Å²) in [5.74, 6) is 0.0865. The van der Waals surface area contributed by atoms with Gasteiger partial charge in [0.05, 0.1) is 0 Å². The molecule has 1 unspecified atom stereocenters. The Bertz CT molecular complexity index is 264. The molecule has 2 rings (SSSR count). The molecule has 0 saturated carbocycles. The molecule has 2 saturated heterocycles. The second kappa shape index (κ2) is 5.18. The molecule has 2 N–H and O–H groups in total. The molecule has 0 bridgehead atoms. The lowest BCUT2D eigenvalue weighted by Crippen LogP contribution is -2.52. The number of nitrogens with zero attached hydrogens (tertiary/aromatic N) is 1. The first-order valence-corrected chi connectivity index (χ1v) is 6.08. The van der Waals surface area contributed by atoms with E-state index in [2.05, 4.69) is 10.6 Å². The van der Waals surface area contributed by atoms with Gasteiger partial charge in [0.1, 0.15) is 0 Å². The average molecular weight is 225 g/mol. The molecule has 2 aliphatic rings. The van der Waals surface area contributed by atoms with Gasteiger partial charge in [-0.3, -0.25) is 4.79 Å². The lowest BCUT2D eigenvalue weighted by molar-refractivity contribution is -0.122. The van der Waals surface area contributed by atoms with E-state index < -0.39 is 0 Å². The number of rotatable bonds is 1. The van der Waals surface area contributed by atoms with E-state index in [4.69, 9.17) is 0 Å². The number of hydrogen-bond acceptors (Lipinski definition) is 2. The largest absolute Gasteiger partial charge is 0.354 e. The van der Waals surface area contributed by atoms with Crippen molar-refractivity contribution in [3.05, 3.63) is 0 Å². The maximum Gasteiger partial charge on any atom is 0.317 e. The third-order valence-corrected chi connectivity index (χ3v) is 3.24. The van der Waals surface area contributed by atoms with Crippen LogP contribution in [0.15, 0.2) is 0 Å². The number of carbonyl (C=O) groups excluding carboxylic acids is 2. The predicted molar refractivity (Wildman–Crippen MR) is 60.0 cm³/mol. The Hall–Kier alpha value is -1.26. The van der Waals surface area contributed by atoms with Crippen LogP contribution < -0.4 is 10.6 Å². The first-order valence-electron chi connectivity index (χ1n) is 6.08. The van der Waals surface area contributed by atoms with E-state index in [1.165, 1.54) is 6.42 Å². The van der Waals surface area contributed by atoms with Crippen molar-refractivity contribution >= 4 is 11.9 Å². The Balaban J connectivity index is 1.75. The lowest BCUT2D eigenvalue weighted by atomic mass is 10.1. The van der Waals surface area contributed by atoms with Gasteiger partial charge in [-0.2, -0.15) is 0 Å². The Morgan fingerprint density at radius 1 is 1.31 bits per heavy atom. The van der Waals surface area contributed by atoms with Gasteiger partial charge >= 0.3 is 6.03 Å². The number of hydrogen-bond donors (Lipinski definition) is 2. The normalized spacial score (nSPS) is 26.1. The van der Waals surface area contributed by atoms with Gasteiger partial charge in [-0.1, -0.05) is 0 Å². The Morgan fingerprint density at radius 2 is 2.06 bits per heavy atom. The zero-order valence-electron chi connectivity index (χ0n) is 9.50. The highest BCUT2D eigenvalue weighted by Crippen LogP contribution is 2.09. The van der Waals surface area contributed by atoms with Crippen molar-refractivity contribution in [2.45, 2.75) is 38.1 Å². The van der Waals surface area contributed by atoms with Crippen LogP contribution in [0.2, 0.25) is 0 Å². The molecule has 5 heteroatoms. The van der Waals surface area contributed by atoms with Crippen LogP contribution in [-0.2, 0) is 4.79 Å². The minimum absolute atomic E-state index is 0.0286. The van der Waals surface area contributed by atoms with Gasteiger partial charge < -0.3 is 15.5 Å². The number of carbonyl (C=O) groups is 2. The SMILES string of the molecule is O=C1CCC(NC(=O)N2CCCCC2)CN1. The monoisotopic (exact) mass is 225 g/mol. The first kappa shape index (κ1) is 11.2. The van der Waals surface area contributed by atoms with Gasteiger partial charge in [-0.05, 0) is 25.7 Å². The highest BCUT2D eigenvalue weighted by Gasteiger charge is 2.22. The Labute approximate surface area is 95.6 Å². The summed E-state index contributed by atoms with van der Waals surface area (Å²) in [6.07, 6.45) is 4.71. The zero-order chi connectivity index (χ0) is 11.4. The first-order chi connectivity index (χ1) is 7.75. The molecule has 2 heterocycles. The van der Waals surface area contributed by atoms with Crippen LogP contribution in [0.25, 0.3) is 0 Å². The van der Waals surface area contributed by atoms with Gasteiger partial charge in [0.2, 0.25) is 5.91 Å². The molecule has 16 heavy (non-hydrogen) atoms. The molecule has 0 aliphatic carbocycles. The van der Waals surface area contributed by atoms with Crippen LogP contribution in [0.4, 0.5) is 4.79 Å². The van der Waals surface area contributed by atoms with Crippen molar-refractivity contribution in [3.8, 4) is 0 Å². The Morgan fingerprint density at radius 3 is 2.69 bits per heavy atom. The van der Waals surface area contributed by atoms with E-state index in [-0.39, 0.29) is 18.0 Å². The molecule has 0 aromatic carbocycles. The standard InChI is InChI=1S/C11H19N3O2/c15-10-5-4-9(8-12-10)13-11(16)14-6-2-1-3-7-14/h9H,1-8H2,(H,12,15)(H,13,16). The zero-order valence-corrected chi connectivity index (χ0v) is 9.50. The second-order valence-electron chi connectivity index (χ2n) is 4.54. The highest BCUT2D eigenvalue weighted by molar-refractivity contribution is 5.78. The van der Waals surface area contributed by atoms with Crippen molar-refractivity contribution in [3.63, 3.8) is 0 Å². The number of piperidine rings is 2. The Kier molecular flexibility index (Phi) is 3.64. The van der Waals surface area contributed by atoms with Crippen molar-refractivity contribution in [1.82, 2.24) is 15.5 Å². The molecular weight excluding hydrogens is 206 g/mol. The fourth-order valence-electron chi connectivity index (χ4n) is 2.22. The maximum absolute atomic E-state index is 11.8. The summed E-state index contributed by atoms with van der Waals surface area (Å²) in [6, 6.07) is 0.132. The van der Waals surface area contributed by atoms with Crippen LogP contribution in [0.1, 0.15) is 32.1 Å². The molecule has 0 aromatic heterocycles. The predicted octanol–water partition coefficient (Wildman–Crippen LogP) is 0.461. The van der Waals surface area contributed by atoms with E-state index in [1.54, 1.807) is 0 Å². The fourth-order valence-corrected chi connectivity index (χ4v) is 2.22. The smallest absolute Gasteiger partial charge is 0.317 e. The summed E-state index contributed by atoms with van der Waals surface area (Å²) >= 11 is 0. The van der Waals surface area contributed by atoms with E-state index in [1.807, 2.05) is 4.90 Å². The van der Waals surface area contributed by atoms with Crippen LogP contribution in [0.5, 0.6) is 0 Å². The van der Waals surface area contributed by atoms with Gasteiger partial charge in [-0.25, -0.2) is 4.79 Å². The van der Waals surface area contributed by atoms with E-state index >= 15 is 0 Å². The van der Waals surface area contributed by atoms with Crippen LogP contribution in [0, 0.1) is 0 Å². The molecule has 0 spiro atoms. The summed E-state index contributed by atoms with van der Waals surface area (Å²) in [5.41, 5.74) is 0. The van der Waals surface area contributed by atoms with Crippen molar-refractivity contribution in [2.75, 3.05) is 19.6 Å². The van der Waals surface area contributed by atoms with Gasteiger partial charge in [0.25, 0.3) is 0 Å². The van der Waals surface area contributed by atoms with Gasteiger partial charge in [0, 0.05) is 32.1 Å². The summed E-state index contributed by atoms with van der Waals surface area (Å²) in [6.45, 7) is 2.30. The molecule has 3 amide bonds. The third-order valence-electron chi connectivity index (χ3n) is 3.24. The average Bonchev–Trinajstić information content (AvgIpc) is 2.33. The van der Waals surface area contributed by atoms with Gasteiger partial charge in [-0.15, -0.1) is 0 Å². The topological polar surface area (TPSA) is 61.4 Å². The van der Waals surface area contributed by atoms with E-state index in [0.717, 1.165) is 32.4 Å². The van der Waals surface area contributed by atoms with Crippen LogP contribution >= 0.6 is 0 Å². The molecule has 0 aromatic rings. The molecule has 2 aliphatic heterocycles. The second-order valence-corrected chi connectivity index (χ2v) is 4.54. The third kappa shape index (κ3) is 2.87. The number of urea groups is 1. The number of nitrogens with one attached hydrogen (secondary N) is 2. The summed E-state index contributed by atoms with van der Waals surface area (Å²) < 4.78 is 0. The molecule has 5 nitrogen and oxygen atoms in total. The minimum atomic E-state index is 0.0286. The van der Waals surface area contributed by atoms with Gasteiger partial charge in [0.15, 0.2) is 0 Å². The molecular formula is C11H19N3O2.